The third-order valence-corrected chi connectivity index (χ3v) is 7.29. The summed E-state index contributed by atoms with van der Waals surface area (Å²) in [5, 5.41) is 0. The molecular weight excluding hydrogens is 555 g/mol. The molecule has 2 aromatic rings. The summed E-state index contributed by atoms with van der Waals surface area (Å²) in [6, 6.07) is 10.0. The SMILES string of the molecule is CS(=O)(=O)c1cccc(C#CCSCc2ccc(C(F)(F)P(=O)(O)O)c(Br)c2)c1.[H-].[H-].[Na+].[Na+]. The minimum absolute atomic E-state index is 0. The van der Waals surface area contributed by atoms with Gasteiger partial charge in [-0.1, -0.05) is 46.0 Å². The van der Waals surface area contributed by atoms with E-state index in [0.29, 0.717) is 22.6 Å². The predicted octanol–water partition coefficient (Wildman–Crippen LogP) is -1.40. The first-order valence-electron chi connectivity index (χ1n) is 7.91. The Bertz CT molecular complexity index is 1140. The number of halogens is 3. The molecule has 0 aromatic heterocycles. The van der Waals surface area contributed by atoms with Crippen molar-refractivity contribution >= 4 is 45.1 Å². The van der Waals surface area contributed by atoms with E-state index in [-0.39, 0.29) is 71.3 Å². The van der Waals surface area contributed by atoms with Crippen LogP contribution in [-0.4, -0.2) is 30.2 Å². The van der Waals surface area contributed by atoms with Gasteiger partial charge >= 0.3 is 72.4 Å². The summed E-state index contributed by atoms with van der Waals surface area (Å²) in [4.78, 5) is 17.9. The monoisotopic (exact) mass is 572 g/mol. The van der Waals surface area contributed by atoms with Crippen molar-refractivity contribution < 1.29 is 93.5 Å². The van der Waals surface area contributed by atoms with Crippen LogP contribution in [0, 0.1) is 11.8 Å². The van der Waals surface area contributed by atoms with Crippen LogP contribution in [-0.2, 0) is 25.8 Å². The molecule has 0 saturated carbocycles. The molecule has 0 aliphatic heterocycles. The Hall–Kier alpha value is 0.790. The van der Waals surface area contributed by atoms with Crippen molar-refractivity contribution in [1.82, 2.24) is 0 Å². The fraction of sp³-hybridized carbons (Fsp3) is 0.222. The van der Waals surface area contributed by atoms with E-state index in [1.807, 2.05) is 0 Å². The average Bonchev–Trinajstić information content (AvgIpc) is 2.60. The number of hydrogen-bond acceptors (Lipinski definition) is 4. The molecule has 0 heterocycles. The van der Waals surface area contributed by atoms with E-state index in [1.54, 1.807) is 12.1 Å². The van der Waals surface area contributed by atoms with Crippen LogP contribution in [0.4, 0.5) is 8.78 Å². The maximum absolute atomic E-state index is 13.8. The van der Waals surface area contributed by atoms with Crippen molar-refractivity contribution in [2.45, 2.75) is 16.3 Å². The molecule has 0 saturated heterocycles. The minimum Gasteiger partial charge on any atom is -1.00 e. The molecular formula is C18H18BrF2Na2O5PS2. The van der Waals surface area contributed by atoms with E-state index in [1.165, 1.54) is 36.0 Å². The van der Waals surface area contributed by atoms with Gasteiger partial charge in [-0.2, -0.15) is 8.78 Å². The quantitative estimate of drug-likeness (QED) is 0.191. The molecule has 0 bridgehead atoms. The Kier molecular flexibility index (Phi) is 13.4. The molecule has 0 unspecified atom stereocenters. The van der Waals surface area contributed by atoms with Gasteiger partial charge in [-0.15, -0.1) is 11.8 Å². The van der Waals surface area contributed by atoms with Gasteiger partial charge in [-0.25, -0.2) is 8.42 Å². The number of thioether (sulfide) groups is 1. The maximum Gasteiger partial charge on any atom is 1.00 e. The fourth-order valence-electron chi connectivity index (χ4n) is 2.21. The Morgan fingerprint density at radius 1 is 1.19 bits per heavy atom. The van der Waals surface area contributed by atoms with Crippen molar-refractivity contribution in [3.8, 4) is 11.8 Å². The van der Waals surface area contributed by atoms with Gasteiger partial charge in [0.1, 0.15) is 0 Å². The van der Waals surface area contributed by atoms with E-state index in [0.717, 1.165) is 12.3 Å². The standard InChI is InChI=1S/C18H16BrF2O5PS2.2Na.2H/c1-29(25,26)15-6-2-4-13(10-15)5-3-9-28-12-14-7-8-16(17(19)11-14)18(20,21)27(22,23)24;;;;/h2,4,6-8,10-11H,9,12H2,1H3,(H2,22,23,24);;;;/q;2*+1;2*-1. The van der Waals surface area contributed by atoms with Crippen LogP contribution in [0.25, 0.3) is 0 Å². The second-order valence-corrected chi connectivity index (χ2v) is 11.5. The number of hydrogen-bond donors (Lipinski definition) is 2. The van der Waals surface area contributed by atoms with E-state index in [4.69, 9.17) is 9.79 Å². The first kappa shape index (κ1) is 31.8. The van der Waals surface area contributed by atoms with Crippen molar-refractivity contribution in [2.24, 2.45) is 0 Å². The van der Waals surface area contributed by atoms with Gasteiger partial charge < -0.3 is 12.6 Å². The zero-order valence-electron chi connectivity index (χ0n) is 19.0. The van der Waals surface area contributed by atoms with Crippen molar-refractivity contribution in [1.29, 1.82) is 0 Å². The summed E-state index contributed by atoms with van der Waals surface area (Å²) in [5.41, 5.74) is -3.80. The molecule has 31 heavy (non-hydrogen) atoms. The van der Waals surface area contributed by atoms with E-state index in [9.17, 15) is 21.8 Å². The zero-order valence-corrected chi connectivity index (χ0v) is 25.1. The second-order valence-electron chi connectivity index (χ2n) is 5.99. The van der Waals surface area contributed by atoms with Crippen LogP contribution < -0.4 is 59.1 Å². The molecule has 0 radical (unpaired) electrons. The van der Waals surface area contributed by atoms with Crippen molar-refractivity contribution in [3.05, 3.63) is 63.6 Å². The van der Waals surface area contributed by atoms with Gasteiger partial charge in [0.05, 0.1) is 10.6 Å². The van der Waals surface area contributed by atoms with Crippen LogP contribution in [0.5, 0.6) is 0 Å². The van der Waals surface area contributed by atoms with Gasteiger partial charge in [0.15, 0.2) is 9.84 Å². The number of rotatable bonds is 6. The van der Waals surface area contributed by atoms with E-state index in [2.05, 4.69) is 27.8 Å². The van der Waals surface area contributed by atoms with E-state index >= 15 is 0 Å². The number of alkyl halides is 2. The first-order chi connectivity index (χ1) is 13.3. The Morgan fingerprint density at radius 2 is 1.84 bits per heavy atom. The van der Waals surface area contributed by atoms with Gasteiger partial charge in [0.2, 0.25) is 0 Å². The molecule has 0 fully saturated rings. The zero-order chi connectivity index (χ0) is 21.9. The summed E-state index contributed by atoms with van der Waals surface area (Å²) in [6.07, 6.45) is 1.12. The van der Waals surface area contributed by atoms with Crippen LogP contribution >= 0.6 is 35.3 Å². The van der Waals surface area contributed by atoms with E-state index < -0.39 is 28.7 Å². The van der Waals surface area contributed by atoms with Gasteiger partial charge in [-0.05, 0) is 29.8 Å². The minimum atomic E-state index is -5.63. The summed E-state index contributed by atoms with van der Waals surface area (Å²) >= 11 is 4.35. The molecule has 13 heteroatoms. The van der Waals surface area contributed by atoms with Crippen LogP contribution in [0.1, 0.15) is 19.5 Å². The molecule has 2 N–H and O–H groups in total. The van der Waals surface area contributed by atoms with Gasteiger partial charge in [0.25, 0.3) is 0 Å². The number of sulfone groups is 1. The number of benzene rings is 2. The topological polar surface area (TPSA) is 91.7 Å². The van der Waals surface area contributed by atoms with Crippen molar-refractivity contribution in [2.75, 3.05) is 12.0 Å². The maximum atomic E-state index is 13.8. The fourth-order valence-corrected chi connectivity index (χ4v) is 4.91. The Morgan fingerprint density at radius 3 is 2.39 bits per heavy atom. The summed E-state index contributed by atoms with van der Waals surface area (Å²) in [5.74, 6) is 6.63. The van der Waals surface area contributed by atoms with Crippen LogP contribution in [0.2, 0.25) is 0 Å². The van der Waals surface area contributed by atoms with Crippen molar-refractivity contribution in [3.63, 3.8) is 0 Å². The van der Waals surface area contributed by atoms with Crippen LogP contribution in [0.3, 0.4) is 0 Å². The van der Waals surface area contributed by atoms with Gasteiger partial charge in [0, 0.05) is 27.6 Å². The third kappa shape index (κ3) is 9.16. The largest absolute Gasteiger partial charge is 1.00 e. The molecule has 2 aromatic carbocycles. The normalized spacial score (nSPS) is 11.5. The average molecular weight is 573 g/mol. The molecule has 160 valence electrons. The predicted molar refractivity (Wildman–Crippen MR) is 115 cm³/mol. The second kappa shape index (κ2) is 13.0. The summed E-state index contributed by atoms with van der Waals surface area (Å²) in [7, 11) is -8.93. The van der Waals surface area contributed by atoms with Crippen LogP contribution in [0.15, 0.2) is 51.8 Å². The smallest absolute Gasteiger partial charge is 1.00 e. The molecule has 0 aliphatic carbocycles. The van der Waals surface area contributed by atoms with Gasteiger partial charge in [-0.3, -0.25) is 4.57 Å². The molecule has 5 nitrogen and oxygen atoms in total. The Balaban J connectivity index is -0.00000225. The third-order valence-electron chi connectivity index (χ3n) is 3.66. The molecule has 0 atom stereocenters. The molecule has 0 aliphatic rings. The molecule has 0 amide bonds. The first-order valence-corrected chi connectivity index (χ1v) is 13.4. The molecule has 2 rings (SSSR count). The molecule has 0 spiro atoms. The Labute approximate surface area is 239 Å². The summed E-state index contributed by atoms with van der Waals surface area (Å²) < 4.78 is 61.6. The summed E-state index contributed by atoms with van der Waals surface area (Å²) in [6.45, 7) is 0.